The molecule has 84 valence electrons. The van der Waals surface area contributed by atoms with Crippen LogP contribution in [0.1, 0.15) is 13.3 Å². The molecule has 3 nitrogen and oxygen atoms in total. The van der Waals surface area contributed by atoms with Crippen LogP contribution in [-0.2, 0) is 0 Å². The van der Waals surface area contributed by atoms with E-state index in [1.165, 1.54) is 0 Å². The molecule has 0 saturated heterocycles. The van der Waals surface area contributed by atoms with Crippen LogP contribution in [0.4, 0.5) is 11.4 Å². The lowest BCUT2D eigenvalue weighted by Gasteiger charge is -2.13. The number of nitrogen functional groups attached to an aromatic ring is 1. The van der Waals surface area contributed by atoms with Gasteiger partial charge in [-0.25, -0.2) is 0 Å². The molecule has 0 atom stereocenters. The Balaban J connectivity index is 2.17. The Morgan fingerprint density at radius 3 is 2.53 bits per heavy atom. The fourth-order valence-electron chi connectivity index (χ4n) is 1.34. The topological polar surface area (TPSA) is 41.3 Å². The predicted molar refractivity (Wildman–Crippen MR) is 67.1 cm³/mol. The summed E-state index contributed by atoms with van der Waals surface area (Å²) in [6.45, 7) is 5.43. The van der Waals surface area contributed by atoms with Gasteiger partial charge in [-0.2, -0.15) is 0 Å². The number of hydrogen-bond acceptors (Lipinski definition) is 3. The summed E-state index contributed by atoms with van der Waals surface area (Å²) in [5.74, 6) is 0. The first kappa shape index (κ1) is 11.9. The Kier molecular flexibility index (Phi) is 4.98. The van der Waals surface area contributed by atoms with Crippen LogP contribution < -0.4 is 11.1 Å². The fourth-order valence-corrected chi connectivity index (χ4v) is 1.34. The summed E-state index contributed by atoms with van der Waals surface area (Å²) in [5.41, 5.74) is 7.56. The molecule has 0 amide bonds. The van der Waals surface area contributed by atoms with Gasteiger partial charge in [0.15, 0.2) is 0 Å². The Hall–Kier alpha value is -1.22. The van der Waals surface area contributed by atoms with Gasteiger partial charge >= 0.3 is 0 Å². The van der Waals surface area contributed by atoms with E-state index in [1.54, 1.807) is 0 Å². The number of anilines is 2. The normalized spacial score (nSPS) is 10.6. The highest BCUT2D eigenvalue weighted by Gasteiger charge is 1.94. The van der Waals surface area contributed by atoms with Crippen molar-refractivity contribution in [3.8, 4) is 0 Å². The monoisotopic (exact) mass is 207 g/mol. The summed E-state index contributed by atoms with van der Waals surface area (Å²) in [6.07, 6.45) is 1.16. The van der Waals surface area contributed by atoms with Crippen molar-refractivity contribution in [2.24, 2.45) is 0 Å². The van der Waals surface area contributed by atoms with Crippen molar-refractivity contribution >= 4 is 11.4 Å². The molecule has 1 aromatic carbocycles. The minimum absolute atomic E-state index is 0.811. The third-order valence-corrected chi connectivity index (χ3v) is 2.50. The third kappa shape index (κ3) is 4.70. The van der Waals surface area contributed by atoms with E-state index in [0.717, 1.165) is 37.4 Å². The summed E-state index contributed by atoms with van der Waals surface area (Å²) >= 11 is 0. The van der Waals surface area contributed by atoms with E-state index in [1.807, 2.05) is 24.3 Å². The van der Waals surface area contributed by atoms with Crippen molar-refractivity contribution in [2.45, 2.75) is 13.3 Å². The second-order valence-electron chi connectivity index (χ2n) is 3.80. The zero-order valence-electron chi connectivity index (χ0n) is 9.66. The number of nitrogens with zero attached hydrogens (tertiary/aromatic N) is 1. The molecule has 3 N–H and O–H groups in total. The second kappa shape index (κ2) is 6.30. The number of hydrogen-bond donors (Lipinski definition) is 2. The lowest BCUT2D eigenvalue weighted by molar-refractivity contribution is 0.351. The smallest absolute Gasteiger partial charge is 0.0341 e. The van der Waals surface area contributed by atoms with Gasteiger partial charge in [0.25, 0.3) is 0 Å². The summed E-state index contributed by atoms with van der Waals surface area (Å²) in [7, 11) is 2.14. The standard InChI is InChI=1S/C12H21N3/c1-3-15(2)10-4-9-14-12-7-5-11(13)6-8-12/h5-8,14H,3-4,9-10,13H2,1-2H3. The Morgan fingerprint density at radius 2 is 1.93 bits per heavy atom. The molecule has 0 saturated carbocycles. The zero-order chi connectivity index (χ0) is 11.1. The summed E-state index contributed by atoms with van der Waals surface area (Å²) < 4.78 is 0. The van der Waals surface area contributed by atoms with Crippen molar-refractivity contribution in [1.82, 2.24) is 4.90 Å². The van der Waals surface area contributed by atoms with Crippen LogP contribution in [0.5, 0.6) is 0 Å². The van der Waals surface area contributed by atoms with Crippen molar-refractivity contribution in [3.63, 3.8) is 0 Å². The summed E-state index contributed by atoms with van der Waals surface area (Å²) in [6, 6.07) is 7.86. The van der Waals surface area contributed by atoms with E-state index in [9.17, 15) is 0 Å². The summed E-state index contributed by atoms with van der Waals surface area (Å²) in [4.78, 5) is 2.31. The highest BCUT2D eigenvalue weighted by Crippen LogP contribution is 2.10. The van der Waals surface area contributed by atoms with E-state index in [2.05, 4.69) is 24.2 Å². The molecule has 0 radical (unpaired) electrons. The molecular formula is C12H21N3. The molecule has 3 heteroatoms. The minimum Gasteiger partial charge on any atom is -0.399 e. The van der Waals surface area contributed by atoms with Crippen molar-refractivity contribution in [1.29, 1.82) is 0 Å². The Morgan fingerprint density at radius 1 is 1.27 bits per heavy atom. The lowest BCUT2D eigenvalue weighted by Crippen LogP contribution is -2.20. The maximum atomic E-state index is 5.60. The van der Waals surface area contributed by atoms with Crippen LogP contribution in [0.15, 0.2) is 24.3 Å². The highest BCUT2D eigenvalue weighted by atomic mass is 15.1. The molecule has 0 spiro atoms. The Labute approximate surface area is 92.3 Å². The minimum atomic E-state index is 0.811. The van der Waals surface area contributed by atoms with Gasteiger partial charge in [0.05, 0.1) is 0 Å². The highest BCUT2D eigenvalue weighted by molar-refractivity contribution is 5.51. The maximum Gasteiger partial charge on any atom is 0.0341 e. The second-order valence-corrected chi connectivity index (χ2v) is 3.80. The van der Waals surface area contributed by atoms with E-state index in [-0.39, 0.29) is 0 Å². The van der Waals surface area contributed by atoms with Crippen LogP contribution in [0.25, 0.3) is 0 Å². The predicted octanol–water partition coefficient (Wildman–Crippen LogP) is 2.02. The van der Waals surface area contributed by atoms with Gasteiger partial charge in [0.1, 0.15) is 0 Å². The van der Waals surface area contributed by atoms with Crippen LogP contribution in [0, 0.1) is 0 Å². The molecule has 1 rings (SSSR count). The van der Waals surface area contributed by atoms with Crippen molar-refractivity contribution in [3.05, 3.63) is 24.3 Å². The van der Waals surface area contributed by atoms with E-state index >= 15 is 0 Å². The van der Waals surface area contributed by atoms with E-state index in [4.69, 9.17) is 5.73 Å². The lowest BCUT2D eigenvalue weighted by atomic mass is 10.3. The van der Waals surface area contributed by atoms with Crippen LogP contribution in [0.2, 0.25) is 0 Å². The van der Waals surface area contributed by atoms with Gasteiger partial charge < -0.3 is 16.0 Å². The molecule has 0 aliphatic heterocycles. The average Bonchev–Trinajstić information content (AvgIpc) is 2.26. The molecule has 0 aliphatic carbocycles. The average molecular weight is 207 g/mol. The molecule has 0 heterocycles. The van der Waals surface area contributed by atoms with Crippen molar-refractivity contribution in [2.75, 3.05) is 37.7 Å². The quantitative estimate of drug-likeness (QED) is 0.554. The number of benzene rings is 1. The maximum absolute atomic E-state index is 5.60. The van der Waals surface area contributed by atoms with Crippen LogP contribution in [-0.4, -0.2) is 31.6 Å². The molecule has 0 bridgehead atoms. The van der Waals surface area contributed by atoms with Crippen LogP contribution in [0.3, 0.4) is 0 Å². The molecule has 1 aromatic rings. The molecule has 15 heavy (non-hydrogen) atoms. The first-order valence-electron chi connectivity index (χ1n) is 5.50. The number of nitrogens with one attached hydrogen (secondary N) is 1. The molecule has 0 fully saturated rings. The van der Waals surface area contributed by atoms with Crippen molar-refractivity contribution < 1.29 is 0 Å². The summed E-state index contributed by atoms with van der Waals surface area (Å²) in [5, 5.41) is 3.37. The van der Waals surface area contributed by atoms with Gasteiger partial charge in [-0.05, 0) is 50.8 Å². The molecular weight excluding hydrogens is 186 g/mol. The van der Waals surface area contributed by atoms with E-state index < -0.39 is 0 Å². The Bertz CT molecular complexity index is 269. The van der Waals surface area contributed by atoms with Gasteiger partial charge in [0, 0.05) is 17.9 Å². The molecule has 0 unspecified atom stereocenters. The number of rotatable bonds is 6. The van der Waals surface area contributed by atoms with E-state index in [0.29, 0.717) is 0 Å². The van der Waals surface area contributed by atoms with Gasteiger partial charge in [0.2, 0.25) is 0 Å². The SMILES string of the molecule is CCN(C)CCCNc1ccc(N)cc1. The van der Waals surface area contributed by atoms with Gasteiger partial charge in [-0.15, -0.1) is 0 Å². The van der Waals surface area contributed by atoms with Crippen LogP contribution >= 0.6 is 0 Å². The fraction of sp³-hybridized carbons (Fsp3) is 0.500. The molecule has 0 aliphatic rings. The first-order chi connectivity index (χ1) is 7.22. The number of nitrogens with two attached hydrogens (primary N) is 1. The first-order valence-corrected chi connectivity index (χ1v) is 5.50. The third-order valence-electron chi connectivity index (χ3n) is 2.50. The van der Waals surface area contributed by atoms with Gasteiger partial charge in [-0.3, -0.25) is 0 Å². The largest absolute Gasteiger partial charge is 0.399 e. The van der Waals surface area contributed by atoms with Gasteiger partial charge in [-0.1, -0.05) is 6.92 Å². The molecule has 0 aromatic heterocycles. The zero-order valence-corrected chi connectivity index (χ0v) is 9.66.